The molecule has 0 aromatic carbocycles. The Morgan fingerprint density at radius 1 is 0.574 bits per heavy atom. The fourth-order valence-electron chi connectivity index (χ4n) is 5.74. The van der Waals surface area contributed by atoms with Crippen LogP contribution in [0.15, 0.2) is 36.5 Å². The third-order valence-electron chi connectivity index (χ3n) is 9.17. The summed E-state index contributed by atoms with van der Waals surface area (Å²) in [5.41, 5.74) is 0. The summed E-state index contributed by atoms with van der Waals surface area (Å²) in [5.74, 6) is -0.857. The van der Waals surface area contributed by atoms with Crippen molar-refractivity contribution < 1.29 is 42.1 Å². The molecule has 0 aliphatic heterocycles. The molecule has 0 rings (SSSR count). The average Bonchev–Trinajstić information content (AvgIpc) is 3.12. The van der Waals surface area contributed by atoms with E-state index in [9.17, 15) is 19.0 Å². The minimum Gasteiger partial charge on any atom is -0.462 e. The molecule has 9 nitrogen and oxygen atoms in total. The molecule has 0 aromatic heterocycles. The second kappa shape index (κ2) is 36.8. The summed E-state index contributed by atoms with van der Waals surface area (Å²) in [6.07, 6.45) is 40.5. The molecule has 0 spiro atoms. The van der Waals surface area contributed by atoms with E-state index in [-0.39, 0.29) is 32.0 Å². The first kappa shape index (κ1) is 52.2. The highest BCUT2D eigenvalue weighted by molar-refractivity contribution is 7.47. The van der Waals surface area contributed by atoms with Gasteiger partial charge in [-0.05, 0) is 44.9 Å². The number of phosphoric acid groups is 1. The number of unbranched alkanes of at least 4 members (excludes halogenated alkanes) is 19. The van der Waals surface area contributed by atoms with Gasteiger partial charge in [-0.3, -0.25) is 18.6 Å². The number of hydrogen-bond acceptors (Lipinski definition) is 7. The number of likely N-dealkylation sites (N-methyl/N-ethyl adjacent to an activating group) is 1. The number of carbonyl (C=O) groups excluding carboxylic acids is 2. The number of phosphoric ester groups is 1. The minimum absolute atomic E-state index is 0.0233. The first-order chi connectivity index (χ1) is 26.0. The topological polar surface area (TPSA) is 108 Å². The van der Waals surface area contributed by atoms with Crippen molar-refractivity contribution in [1.82, 2.24) is 0 Å². The molecule has 0 heterocycles. The van der Waals surface area contributed by atoms with E-state index in [1.54, 1.807) is 0 Å². The molecular formula is C44H83NO8P+. The van der Waals surface area contributed by atoms with Gasteiger partial charge >= 0.3 is 19.8 Å². The number of rotatable bonds is 39. The van der Waals surface area contributed by atoms with Gasteiger partial charge in [-0.2, -0.15) is 0 Å². The van der Waals surface area contributed by atoms with Crippen molar-refractivity contribution in [1.29, 1.82) is 0 Å². The largest absolute Gasteiger partial charge is 0.472 e. The fraction of sp³-hybridized carbons (Fsp3) is 0.818. The molecule has 0 fully saturated rings. The maximum absolute atomic E-state index is 12.6. The third-order valence-corrected chi connectivity index (χ3v) is 10.2. The monoisotopic (exact) mass is 785 g/mol. The lowest BCUT2D eigenvalue weighted by molar-refractivity contribution is -0.870. The summed E-state index contributed by atoms with van der Waals surface area (Å²) in [5, 5.41) is 0. The number of nitrogens with zero attached hydrogens (tertiary/aromatic N) is 1. The van der Waals surface area contributed by atoms with Crippen LogP contribution in [0.5, 0.6) is 0 Å². The van der Waals surface area contributed by atoms with Crippen LogP contribution in [-0.4, -0.2) is 74.9 Å². The Hall–Kier alpha value is -1.77. The van der Waals surface area contributed by atoms with E-state index in [1.807, 2.05) is 21.1 Å². The van der Waals surface area contributed by atoms with Gasteiger partial charge in [0.05, 0.1) is 27.7 Å². The molecule has 1 N–H and O–H groups in total. The molecular weight excluding hydrogens is 701 g/mol. The Kier molecular flexibility index (Phi) is 35.6. The molecule has 0 amide bonds. The molecule has 0 saturated heterocycles. The lowest BCUT2D eigenvalue weighted by atomic mass is 10.0. The lowest BCUT2D eigenvalue weighted by Crippen LogP contribution is -2.37. The summed E-state index contributed by atoms with van der Waals surface area (Å²) in [6.45, 7) is 4.36. The third kappa shape index (κ3) is 39.9. The van der Waals surface area contributed by atoms with Gasteiger partial charge in [0.1, 0.15) is 19.8 Å². The summed E-state index contributed by atoms with van der Waals surface area (Å²) >= 11 is 0. The van der Waals surface area contributed by atoms with Crippen molar-refractivity contribution in [2.24, 2.45) is 0 Å². The Morgan fingerprint density at radius 3 is 1.54 bits per heavy atom. The molecule has 10 heteroatoms. The van der Waals surface area contributed by atoms with E-state index in [0.717, 1.165) is 44.9 Å². The number of esters is 2. The van der Waals surface area contributed by atoms with E-state index < -0.39 is 26.5 Å². The summed E-state index contributed by atoms with van der Waals surface area (Å²) in [4.78, 5) is 35.3. The normalized spacial score (nSPS) is 14.0. The molecule has 0 aliphatic carbocycles. The first-order valence-electron chi connectivity index (χ1n) is 21.7. The summed E-state index contributed by atoms with van der Waals surface area (Å²) < 4.78 is 34.2. The van der Waals surface area contributed by atoms with Crippen LogP contribution >= 0.6 is 7.82 Å². The molecule has 0 aromatic rings. The van der Waals surface area contributed by atoms with Crippen LogP contribution in [0.4, 0.5) is 0 Å². The van der Waals surface area contributed by atoms with Gasteiger partial charge in [0.2, 0.25) is 0 Å². The number of carbonyl (C=O) groups is 2. The zero-order chi connectivity index (χ0) is 40.0. The zero-order valence-corrected chi connectivity index (χ0v) is 36.3. The smallest absolute Gasteiger partial charge is 0.462 e. The van der Waals surface area contributed by atoms with Gasteiger partial charge in [0.25, 0.3) is 0 Å². The molecule has 0 saturated carbocycles. The van der Waals surface area contributed by atoms with Crippen molar-refractivity contribution in [2.75, 3.05) is 47.5 Å². The van der Waals surface area contributed by atoms with Gasteiger partial charge in [-0.25, -0.2) is 4.57 Å². The lowest BCUT2D eigenvalue weighted by Gasteiger charge is -2.24. The fourth-order valence-corrected chi connectivity index (χ4v) is 6.48. The van der Waals surface area contributed by atoms with Crippen molar-refractivity contribution in [2.45, 2.75) is 187 Å². The number of hydrogen-bond donors (Lipinski definition) is 1. The maximum Gasteiger partial charge on any atom is 0.472 e. The van der Waals surface area contributed by atoms with Crippen LogP contribution in [0.25, 0.3) is 0 Å². The Morgan fingerprint density at radius 2 is 1.02 bits per heavy atom. The standard InChI is InChI=1S/C44H82NO8P/c1-6-8-10-12-14-16-18-20-21-22-23-25-27-29-31-33-35-37-44(47)53-42(41-52-54(48,49)51-39-38-45(3,4)5)40-50-43(46)36-34-32-30-28-26-24-19-17-15-13-11-9-7-2/h20-21,23,25,29,31,42H,6-19,22,24,26-28,30,32-41H2,1-5H3/p+1/b21-20+,25-23+,31-29+/t42-/m1/s1. The van der Waals surface area contributed by atoms with Crippen molar-refractivity contribution >= 4 is 19.8 Å². The molecule has 0 aliphatic rings. The minimum atomic E-state index is -4.38. The molecule has 1 unspecified atom stereocenters. The Bertz CT molecular complexity index is 1020. The van der Waals surface area contributed by atoms with Crippen LogP contribution < -0.4 is 0 Å². The Balaban J connectivity index is 4.46. The molecule has 316 valence electrons. The van der Waals surface area contributed by atoms with Crippen LogP contribution in [-0.2, 0) is 32.7 Å². The molecule has 54 heavy (non-hydrogen) atoms. The van der Waals surface area contributed by atoms with Crippen LogP contribution in [0.3, 0.4) is 0 Å². The Labute approximate surface area is 331 Å². The van der Waals surface area contributed by atoms with E-state index >= 15 is 0 Å². The van der Waals surface area contributed by atoms with Crippen molar-refractivity contribution in [3.63, 3.8) is 0 Å². The molecule has 0 radical (unpaired) electrons. The second-order valence-electron chi connectivity index (χ2n) is 15.7. The molecule has 0 bridgehead atoms. The van der Waals surface area contributed by atoms with E-state index in [2.05, 4.69) is 50.3 Å². The number of ether oxygens (including phenoxy) is 2. The quantitative estimate of drug-likeness (QED) is 0.0216. The summed E-state index contributed by atoms with van der Waals surface area (Å²) in [6, 6.07) is 0. The number of allylic oxidation sites excluding steroid dienone is 6. The van der Waals surface area contributed by atoms with Gasteiger partial charge in [-0.1, -0.05) is 159 Å². The number of quaternary nitrogens is 1. The van der Waals surface area contributed by atoms with Crippen LogP contribution in [0.2, 0.25) is 0 Å². The molecule has 2 atom stereocenters. The van der Waals surface area contributed by atoms with Crippen LogP contribution in [0, 0.1) is 0 Å². The van der Waals surface area contributed by atoms with E-state index in [4.69, 9.17) is 18.5 Å². The van der Waals surface area contributed by atoms with Gasteiger partial charge in [-0.15, -0.1) is 0 Å². The maximum atomic E-state index is 12.6. The van der Waals surface area contributed by atoms with Gasteiger partial charge in [0, 0.05) is 12.8 Å². The SMILES string of the molecule is CCCCCCCC/C=C/C/C=C/C/C=C/CCCC(=O)O[C@H](COC(=O)CCCCCCCCCCCCCCC)COP(=O)(O)OCC[N+](C)(C)C. The average molecular weight is 785 g/mol. The summed E-state index contributed by atoms with van der Waals surface area (Å²) in [7, 11) is 1.45. The first-order valence-corrected chi connectivity index (χ1v) is 23.2. The van der Waals surface area contributed by atoms with E-state index in [0.29, 0.717) is 17.4 Å². The highest BCUT2D eigenvalue weighted by Crippen LogP contribution is 2.43. The van der Waals surface area contributed by atoms with Gasteiger partial charge < -0.3 is 18.9 Å². The highest BCUT2D eigenvalue weighted by Gasteiger charge is 2.27. The van der Waals surface area contributed by atoms with E-state index in [1.165, 1.54) is 103 Å². The van der Waals surface area contributed by atoms with Gasteiger partial charge in [0.15, 0.2) is 6.10 Å². The van der Waals surface area contributed by atoms with Crippen LogP contribution in [0.1, 0.15) is 181 Å². The van der Waals surface area contributed by atoms with Crippen molar-refractivity contribution in [3.8, 4) is 0 Å². The zero-order valence-electron chi connectivity index (χ0n) is 35.5. The highest BCUT2D eigenvalue weighted by atomic mass is 31.2. The predicted molar refractivity (Wildman–Crippen MR) is 224 cm³/mol. The predicted octanol–water partition coefficient (Wildman–Crippen LogP) is 12.1. The second-order valence-corrected chi connectivity index (χ2v) is 17.2. The van der Waals surface area contributed by atoms with Crippen molar-refractivity contribution in [3.05, 3.63) is 36.5 Å².